The van der Waals surface area contributed by atoms with Crippen LogP contribution in [0.25, 0.3) is 0 Å². The van der Waals surface area contributed by atoms with Crippen LogP contribution in [0.4, 0.5) is 0 Å². The number of hydrogen-bond acceptors (Lipinski definition) is 4. The molecule has 1 aromatic rings. The first-order valence-corrected chi connectivity index (χ1v) is 7.98. The summed E-state index contributed by atoms with van der Waals surface area (Å²) in [6, 6.07) is 6.17. The van der Waals surface area contributed by atoms with Crippen molar-refractivity contribution in [2.24, 2.45) is 0 Å². The van der Waals surface area contributed by atoms with Crippen molar-refractivity contribution < 1.29 is 14.2 Å². The fraction of sp³-hybridized carbons (Fsp3) is 0.647. The standard InChI is InChI=1S/C17H25NO3/c1-3-7-17(2)12-18-11-16(21-17)13-5-6-14-15(10-13)20-9-4-8-19-14/h5-6,10,16,18H,3-4,7-9,11-12H2,1-2H3. The summed E-state index contributed by atoms with van der Waals surface area (Å²) in [6.07, 6.45) is 3.21. The topological polar surface area (TPSA) is 39.7 Å². The van der Waals surface area contributed by atoms with Crippen LogP contribution in [0, 0.1) is 0 Å². The van der Waals surface area contributed by atoms with Crippen molar-refractivity contribution in [3.05, 3.63) is 23.8 Å². The van der Waals surface area contributed by atoms with Crippen LogP contribution in [0.1, 0.15) is 44.8 Å². The highest BCUT2D eigenvalue weighted by atomic mass is 16.5. The first-order chi connectivity index (χ1) is 10.2. The van der Waals surface area contributed by atoms with Crippen LogP contribution in [0.2, 0.25) is 0 Å². The molecule has 0 bridgehead atoms. The Bertz CT molecular complexity index is 487. The monoisotopic (exact) mass is 291 g/mol. The van der Waals surface area contributed by atoms with Crippen LogP contribution in [0.3, 0.4) is 0 Å². The zero-order valence-electron chi connectivity index (χ0n) is 13.0. The van der Waals surface area contributed by atoms with Gasteiger partial charge in [0.2, 0.25) is 0 Å². The van der Waals surface area contributed by atoms with E-state index >= 15 is 0 Å². The first-order valence-electron chi connectivity index (χ1n) is 7.98. The number of nitrogens with one attached hydrogen (secondary N) is 1. The summed E-state index contributed by atoms with van der Waals surface area (Å²) in [5.41, 5.74) is 1.08. The third-order valence-electron chi connectivity index (χ3n) is 4.18. The van der Waals surface area contributed by atoms with Crippen molar-refractivity contribution >= 4 is 0 Å². The minimum Gasteiger partial charge on any atom is -0.490 e. The second kappa shape index (κ2) is 6.24. The predicted molar refractivity (Wildman–Crippen MR) is 82.1 cm³/mol. The van der Waals surface area contributed by atoms with Gasteiger partial charge in [0.25, 0.3) is 0 Å². The summed E-state index contributed by atoms with van der Waals surface area (Å²) in [7, 11) is 0. The minimum absolute atomic E-state index is 0.0763. The quantitative estimate of drug-likeness (QED) is 0.929. The molecule has 2 unspecified atom stereocenters. The summed E-state index contributed by atoms with van der Waals surface area (Å²) in [5.74, 6) is 1.69. The van der Waals surface area contributed by atoms with Gasteiger partial charge in [0.1, 0.15) is 0 Å². The van der Waals surface area contributed by atoms with E-state index in [-0.39, 0.29) is 11.7 Å². The summed E-state index contributed by atoms with van der Waals surface area (Å²) >= 11 is 0. The molecule has 0 saturated carbocycles. The highest BCUT2D eigenvalue weighted by Crippen LogP contribution is 2.36. The molecule has 0 aliphatic carbocycles. The minimum atomic E-state index is -0.0815. The number of fused-ring (bicyclic) bond motifs is 1. The molecule has 2 atom stereocenters. The van der Waals surface area contributed by atoms with Crippen LogP contribution in [-0.4, -0.2) is 31.9 Å². The second-order valence-corrected chi connectivity index (χ2v) is 6.19. The number of benzene rings is 1. The third-order valence-corrected chi connectivity index (χ3v) is 4.18. The Morgan fingerprint density at radius 1 is 1.24 bits per heavy atom. The molecule has 2 heterocycles. The summed E-state index contributed by atoms with van der Waals surface area (Å²) in [4.78, 5) is 0. The van der Waals surface area contributed by atoms with Crippen molar-refractivity contribution in [3.8, 4) is 11.5 Å². The predicted octanol–water partition coefficient (Wildman–Crippen LogP) is 3.07. The molecule has 2 aliphatic heterocycles. The molecule has 1 N–H and O–H groups in total. The van der Waals surface area contributed by atoms with Crippen molar-refractivity contribution in [3.63, 3.8) is 0 Å². The first kappa shape index (κ1) is 14.7. The molecule has 0 radical (unpaired) electrons. The Kier molecular flexibility index (Phi) is 4.36. The molecule has 4 nitrogen and oxygen atoms in total. The zero-order chi connectivity index (χ0) is 14.7. The van der Waals surface area contributed by atoms with E-state index in [9.17, 15) is 0 Å². The summed E-state index contributed by atoms with van der Waals surface area (Å²) in [5, 5.41) is 3.50. The zero-order valence-corrected chi connectivity index (χ0v) is 13.0. The maximum absolute atomic E-state index is 6.36. The Hall–Kier alpha value is -1.26. The molecule has 4 heteroatoms. The van der Waals surface area contributed by atoms with E-state index in [1.165, 1.54) is 0 Å². The van der Waals surface area contributed by atoms with Gasteiger partial charge in [-0.25, -0.2) is 0 Å². The maximum atomic E-state index is 6.36. The largest absolute Gasteiger partial charge is 0.490 e. The number of hydrogen-bond donors (Lipinski definition) is 1. The molecule has 1 saturated heterocycles. The van der Waals surface area contributed by atoms with Crippen LogP contribution < -0.4 is 14.8 Å². The average molecular weight is 291 g/mol. The number of rotatable bonds is 3. The van der Waals surface area contributed by atoms with Gasteiger partial charge >= 0.3 is 0 Å². The highest BCUT2D eigenvalue weighted by molar-refractivity contribution is 5.44. The van der Waals surface area contributed by atoms with Crippen molar-refractivity contribution in [2.45, 2.75) is 44.8 Å². The molecule has 2 aliphatic rings. The Labute approximate surface area is 126 Å². The van der Waals surface area contributed by atoms with Crippen LogP contribution in [0.5, 0.6) is 11.5 Å². The van der Waals surface area contributed by atoms with Crippen molar-refractivity contribution in [1.29, 1.82) is 0 Å². The second-order valence-electron chi connectivity index (χ2n) is 6.19. The van der Waals surface area contributed by atoms with Crippen LogP contribution in [0.15, 0.2) is 18.2 Å². The van der Waals surface area contributed by atoms with E-state index in [1.807, 2.05) is 6.07 Å². The van der Waals surface area contributed by atoms with Crippen LogP contribution in [-0.2, 0) is 4.74 Å². The summed E-state index contributed by atoms with van der Waals surface area (Å²) in [6.45, 7) is 7.60. The Morgan fingerprint density at radius 3 is 2.86 bits per heavy atom. The van der Waals surface area contributed by atoms with Gasteiger partial charge < -0.3 is 19.5 Å². The van der Waals surface area contributed by atoms with E-state index < -0.39 is 0 Å². The van der Waals surface area contributed by atoms with Gasteiger partial charge in [-0.05, 0) is 31.0 Å². The maximum Gasteiger partial charge on any atom is 0.161 e. The average Bonchev–Trinajstić information content (AvgIpc) is 2.71. The van der Waals surface area contributed by atoms with Gasteiger partial charge in [0, 0.05) is 19.5 Å². The van der Waals surface area contributed by atoms with Crippen molar-refractivity contribution in [2.75, 3.05) is 26.3 Å². The van der Waals surface area contributed by atoms with Gasteiger partial charge in [-0.1, -0.05) is 19.4 Å². The normalized spacial score (nSPS) is 29.0. The molecule has 1 fully saturated rings. The van der Waals surface area contributed by atoms with Gasteiger partial charge in [-0.3, -0.25) is 0 Å². The molecule has 21 heavy (non-hydrogen) atoms. The molecule has 0 spiro atoms. The third kappa shape index (κ3) is 3.33. The molecule has 3 rings (SSSR count). The summed E-state index contributed by atoms with van der Waals surface area (Å²) < 4.78 is 17.8. The van der Waals surface area contributed by atoms with Gasteiger partial charge in [-0.2, -0.15) is 0 Å². The number of morpholine rings is 1. The van der Waals surface area contributed by atoms with E-state index in [2.05, 4.69) is 31.3 Å². The SMILES string of the molecule is CCCC1(C)CNCC(c2ccc3c(c2)OCCCO3)O1. The lowest BCUT2D eigenvalue weighted by atomic mass is 9.96. The lowest BCUT2D eigenvalue weighted by Crippen LogP contribution is -2.48. The lowest BCUT2D eigenvalue weighted by Gasteiger charge is -2.39. The lowest BCUT2D eigenvalue weighted by molar-refractivity contribution is -0.112. The number of ether oxygens (including phenoxy) is 3. The fourth-order valence-corrected chi connectivity index (χ4v) is 3.14. The molecule has 0 aromatic heterocycles. The van der Waals surface area contributed by atoms with E-state index in [1.54, 1.807) is 0 Å². The van der Waals surface area contributed by atoms with Crippen LogP contribution >= 0.6 is 0 Å². The Balaban J connectivity index is 1.78. The van der Waals surface area contributed by atoms with E-state index in [4.69, 9.17) is 14.2 Å². The van der Waals surface area contributed by atoms with Gasteiger partial charge in [0.15, 0.2) is 11.5 Å². The molecular formula is C17H25NO3. The highest BCUT2D eigenvalue weighted by Gasteiger charge is 2.33. The van der Waals surface area contributed by atoms with Gasteiger partial charge in [0.05, 0.1) is 24.9 Å². The smallest absolute Gasteiger partial charge is 0.161 e. The van der Waals surface area contributed by atoms with Crippen molar-refractivity contribution in [1.82, 2.24) is 5.32 Å². The molecular weight excluding hydrogens is 266 g/mol. The van der Waals surface area contributed by atoms with E-state index in [0.29, 0.717) is 6.61 Å². The fourth-order valence-electron chi connectivity index (χ4n) is 3.14. The molecule has 1 aromatic carbocycles. The molecule has 116 valence electrons. The van der Waals surface area contributed by atoms with Gasteiger partial charge in [-0.15, -0.1) is 0 Å². The Morgan fingerprint density at radius 2 is 2.05 bits per heavy atom. The van der Waals surface area contributed by atoms with E-state index in [0.717, 1.165) is 56.0 Å². The molecule has 0 amide bonds.